The number of hydrogen-bond acceptors (Lipinski definition) is 6. The van der Waals surface area contributed by atoms with Crippen LogP contribution in [0, 0.1) is 11.3 Å². The molecular formula is C19H16F3N5O3S2. The van der Waals surface area contributed by atoms with Gasteiger partial charge >= 0.3 is 6.18 Å². The maximum Gasteiger partial charge on any atom is 0.419 e. The van der Waals surface area contributed by atoms with E-state index in [-0.39, 0.29) is 15.7 Å². The van der Waals surface area contributed by atoms with E-state index in [2.05, 4.69) is 4.98 Å². The molecule has 1 saturated carbocycles. The smallest absolute Gasteiger partial charge is 0.371 e. The summed E-state index contributed by atoms with van der Waals surface area (Å²) in [6, 6.07) is 7.68. The zero-order chi connectivity index (χ0) is 23.5. The lowest BCUT2D eigenvalue weighted by Gasteiger charge is -2.46. The first-order valence-electron chi connectivity index (χ1n) is 9.32. The number of aliphatic hydroxyl groups is 1. The van der Waals surface area contributed by atoms with E-state index in [4.69, 9.17) is 22.6 Å². The number of aromatic nitrogens is 1. The molecule has 2 aromatic rings. The highest BCUT2D eigenvalue weighted by atomic mass is 32.2. The van der Waals surface area contributed by atoms with Crippen LogP contribution in [-0.2, 0) is 16.2 Å². The van der Waals surface area contributed by atoms with Crippen LogP contribution in [-0.4, -0.2) is 35.4 Å². The number of halogens is 3. The third kappa shape index (κ3) is 3.39. The Bertz CT molecular complexity index is 1240. The predicted octanol–water partition coefficient (Wildman–Crippen LogP) is 2.47. The van der Waals surface area contributed by atoms with Crippen LogP contribution in [0.5, 0.6) is 0 Å². The van der Waals surface area contributed by atoms with Crippen LogP contribution in [0.4, 0.5) is 24.5 Å². The summed E-state index contributed by atoms with van der Waals surface area (Å²) < 4.78 is 63.4. The first-order valence-corrected chi connectivity index (χ1v) is 11.3. The number of anilines is 2. The number of aliphatic hydroxyl groups excluding tert-OH is 1. The highest BCUT2D eigenvalue weighted by molar-refractivity contribution is 7.89. The molecule has 2 heterocycles. The molecule has 2 fully saturated rings. The van der Waals surface area contributed by atoms with Crippen molar-refractivity contribution < 1.29 is 26.7 Å². The van der Waals surface area contributed by atoms with Crippen LogP contribution in [0.25, 0.3) is 0 Å². The first-order chi connectivity index (χ1) is 14.9. The van der Waals surface area contributed by atoms with E-state index in [1.807, 2.05) is 0 Å². The molecule has 1 atom stereocenters. The molecule has 4 rings (SSSR count). The van der Waals surface area contributed by atoms with Crippen LogP contribution in [0.3, 0.4) is 0 Å². The summed E-state index contributed by atoms with van der Waals surface area (Å²) in [6.07, 6.45) is -3.26. The number of pyridine rings is 1. The van der Waals surface area contributed by atoms with Gasteiger partial charge in [-0.05, 0) is 61.8 Å². The minimum absolute atomic E-state index is 0.0280. The van der Waals surface area contributed by atoms with Gasteiger partial charge in [0.2, 0.25) is 10.0 Å². The fourth-order valence-corrected chi connectivity index (χ4v) is 5.08. The fraction of sp³-hybridized carbons (Fsp3) is 0.316. The van der Waals surface area contributed by atoms with Gasteiger partial charge in [0.15, 0.2) is 17.0 Å². The molecule has 13 heteroatoms. The molecule has 8 nitrogen and oxygen atoms in total. The van der Waals surface area contributed by atoms with Crippen molar-refractivity contribution in [3.8, 4) is 6.07 Å². The van der Waals surface area contributed by atoms with Gasteiger partial charge in [-0.3, -0.25) is 4.90 Å². The highest BCUT2D eigenvalue weighted by Crippen LogP contribution is 2.50. The number of nitrogens with zero attached hydrogens (tertiary/aromatic N) is 4. The van der Waals surface area contributed by atoms with Crippen molar-refractivity contribution in [1.82, 2.24) is 4.98 Å². The molecule has 1 spiro atoms. The van der Waals surface area contributed by atoms with E-state index >= 15 is 0 Å². The van der Waals surface area contributed by atoms with Crippen LogP contribution in [0.15, 0.2) is 41.4 Å². The molecule has 0 bridgehead atoms. The normalized spacial score (nSPS) is 20.4. The molecule has 0 radical (unpaired) electrons. The molecule has 1 aliphatic carbocycles. The zero-order valence-electron chi connectivity index (χ0n) is 16.2. The molecular weight excluding hydrogens is 467 g/mol. The topological polar surface area (TPSA) is 124 Å². The van der Waals surface area contributed by atoms with Gasteiger partial charge in [0.05, 0.1) is 27.9 Å². The van der Waals surface area contributed by atoms with Gasteiger partial charge < -0.3 is 10.0 Å². The molecule has 0 amide bonds. The SMILES string of the molecule is N#Cc1ncc(N2C(=S)N(c3ccc(S(N)(=O)=O)cc3)C3(CCC3)C2O)cc1C(F)(F)F. The molecule has 1 saturated heterocycles. The Kier molecular flexibility index (Phi) is 5.17. The Labute approximate surface area is 186 Å². The van der Waals surface area contributed by atoms with E-state index in [9.17, 15) is 26.7 Å². The summed E-state index contributed by atoms with van der Waals surface area (Å²) in [5, 5.41) is 25.3. The van der Waals surface area contributed by atoms with Crippen molar-refractivity contribution in [3.63, 3.8) is 0 Å². The van der Waals surface area contributed by atoms with Crippen LogP contribution in [0.1, 0.15) is 30.5 Å². The number of thiocarbonyl (C=S) groups is 1. The molecule has 3 N–H and O–H groups in total. The van der Waals surface area contributed by atoms with E-state index in [0.717, 1.165) is 18.7 Å². The Morgan fingerprint density at radius 1 is 1.25 bits per heavy atom. The van der Waals surface area contributed by atoms with Gasteiger partial charge in [-0.25, -0.2) is 18.5 Å². The number of sulfonamides is 1. The summed E-state index contributed by atoms with van der Waals surface area (Å²) in [5.74, 6) is 0. The van der Waals surface area contributed by atoms with Crippen LogP contribution < -0.4 is 14.9 Å². The minimum atomic E-state index is -4.82. The second kappa shape index (κ2) is 7.38. The van der Waals surface area contributed by atoms with Crippen molar-refractivity contribution in [2.45, 2.75) is 42.1 Å². The second-order valence-electron chi connectivity index (χ2n) is 7.56. The summed E-state index contributed by atoms with van der Waals surface area (Å²) in [7, 11) is -3.92. The highest BCUT2D eigenvalue weighted by Gasteiger charge is 2.59. The summed E-state index contributed by atoms with van der Waals surface area (Å²) in [4.78, 5) is 6.29. The van der Waals surface area contributed by atoms with Gasteiger partial charge in [0, 0.05) is 5.69 Å². The zero-order valence-corrected chi connectivity index (χ0v) is 17.9. The average molecular weight is 483 g/mol. The molecule has 32 heavy (non-hydrogen) atoms. The molecule has 1 unspecified atom stereocenters. The fourth-order valence-electron chi connectivity index (χ4n) is 4.07. The number of hydrogen-bond donors (Lipinski definition) is 2. The van der Waals surface area contributed by atoms with E-state index < -0.39 is 39.2 Å². The largest absolute Gasteiger partial charge is 0.419 e. The Hall–Kier alpha value is -2.79. The second-order valence-corrected chi connectivity index (χ2v) is 9.48. The minimum Gasteiger partial charge on any atom is -0.371 e. The number of rotatable bonds is 3. The number of primary sulfonamides is 1. The van der Waals surface area contributed by atoms with Gasteiger partial charge in [0.1, 0.15) is 6.07 Å². The maximum atomic E-state index is 13.4. The Morgan fingerprint density at radius 2 is 1.88 bits per heavy atom. The lowest BCUT2D eigenvalue weighted by molar-refractivity contribution is -0.138. The van der Waals surface area contributed by atoms with Crippen molar-refractivity contribution in [3.05, 3.63) is 47.8 Å². The van der Waals surface area contributed by atoms with Gasteiger partial charge in [0.25, 0.3) is 0 Å². The number of alkyl halides is 3. The average Bonchev–Trinajstić information content (AvgIpc) is 2.93. The predicted molar refractivity (Wildman–Crippen MR) is 112 cm³/mol. The van der Waals surface area contributed by atoms with Crippen molar-refractivity contribution in [2.24, 2.45) is 5.14 Å². The van der Waals surface area contributed by atoms with Gasteiger partial charge in [-0.1, -0.05) is 0 Å². The molecule has 168 valence electrons. The lowest BCUT2D eigenvalue weighted by Crippen LogP contribution is -2.57. The van der Waals surface area contributed by atoms with Crippen LogP contribution >= 0.6 is 12.2 Å². The van der Waals surface area contributed by atoms with Gasteiger partial charge in [-0.15, -0.1) is 0 Å². The number of benzene rings is 1. The standard InChI is InChI=1S/C19H16F3N5O3S2/c20-19(21,22)14-8-12(10-25-15(14)9-23)26-16(28)18(6-1-7-18)27(17(26)31)11-2-4-13(5-3-11)32(24,29)30/h2-5,8,10,16,28H,1,6-7H2,(H2,24,29,30). The maximum absolute atomic E-state index is 13.4. The summed E-state index contributed by atoms with van der Waals surface area (Å²) in [6.45, 7) is 0. The van der Waals surface area contributed by atoms with E-state index in [1.54, 1.807) is 4.90 Å². The number of nitriles is 1. The third-order valence-corrected chi connectivity index (χ3v) is 7.08. The molecule has 1 aromatic heterocycles. The van der Waals surface area contributed by atoms with Crippen molar-refractivity contribution >= 4 is 38.7 Å². The van der Waals surface area contributed by atoms with Crippen molar-refractivity contribution in [2.75, 3.05) is 9.80 Å². The quantitative estimate of drug-likeness (QED) is 0.639. The van der Waals surface area contributed by atoms with Crippen molar-refractivity contribution in [1.29, 1.82) is 5.26 Å². The summed E-state index contributed by atoms with van der Waals surface area (Å²) in [5.41, 5.74) is -2.56. The molecule has 1 aromatic carbocycles. The summed E-state index contributed by atoms with van der Waals surface area (Å²) >= 11 is 5.53. The Morgan fingerprint density at radius 3 is 2.34 bits per heavy atom. The number of nitrogens with two attached hydrogens (primary N) is 1. The monoisotopic (exact) mass is 483 g/mol. The Balaban J connectivity index is 1.79. The van der Waals surface area contributed by atoms with E-state index in [1.165, 1.54) is 35.2 Å². The van der Waals surface area contributed by atoms with Crippen LogP contribution in [0.2, 0.25) is 0 Å². The molecule has 2 aliphatic rings. The lowest BCUT2D eigenvalue weighted by atomic mass is 9.74. The third-order valence-electron chi connectivity index (χ3n) is 5.77. The van der Waals surface area contributed by atoms with E-state index in [0.29, 0.717) is 18.5 Å². The van der Waals surface area contributed by atoms with Gasteiger partial charge in [-0.2, -0.15) is 18.4 Å². The molecule has 1 aliphatic heterocycles. The first kappa shape index (κ1) is 22.4.